The second kappa shape index (κ2) is 6.18. The van der Waals surface area contributed by atoms with E-state index in [2.05, 4.69) is 20.7 Å². The number of alkyl halides is 1. The van der Waals surface area contributed by atoms with Gasteiger partial charge >= 0.3 is 0 Å². The van der Waals surface area contributed by atoms with Crippen LogP contribution in [0.4, 0.5) is 0 Å². The molecule has 0 aliphatic rings. The molecule has 1 rings (SSSR count). The lowest BCUT2D eigenvalue weighted by molar-refractivity contribution is 0.465. The Labute approximate surface area is 116 Å². The molecule has 6 heteroatoms. The molecule has 0 saturated carbocycles. The largest absolute Gasteiger partial charge is 0.222 e. The minimum Gasteiger partial charge on any atom is -0.212 e. The first-order valence-corrected chi connectivity index (χ1v) is 8.32. The van der Waals surface area contributed by atoms with Gasteiger partial charge in [0, 0.05) is 11.1 Å². The van der Waals surface area contributed by atoms with Crippen molar-refractivity contribution in [3.05, 3.63) is 34.9 Å². The molecule has 0 saturated heterocycles. The first-order valence-electron chi connectivity index (χ1n) is 5.17. The summed E-state index contributed by atoms with van der Waals surface area (Å²) in [5, 5.41) is 0.639. The van der Waals surface area contributed by atoms with Crippen LogP contribution < -0.4 is 4.72 Å². The molecule has 0 amide bonds. The van der Waals surface area contributed by atoms with Gasteiger partial charge in [-0.25, -0.2) is 13.1 Å². The van der Waals surface area contributed by atoms with Crippen LogP contribution in [-0.2, 0) is 10.0 Å². The third-order valence-corrected chi connectivity index (χ3v) is 5.31. The van der Waals surface area contributed by atoms with E-state index in [1.807, 2.05) is 26.0 Å². The molecule has 0 aliphatic carbocycles. The fraction of sp³-hybridized carbons (Fsp3) is 0.455. The van der Waals surface area contributed by atoms with Crippen molar-refractivity contribution >= 4 is 37.6 Å². The summed E-state index contributed by atoms with van der Waals surface area (Å²) in [5.41, 5.74) is 0.911. The van der Waals surface area contributed by atoms with Gasteiger partial charge < -0.3 is 0 Å². The van der Waals surface area contributed by atoms with Crippen LogP contribution in [-0.4, -0.2) is 13.1 Å². The highest BCUT2D eigenvalue weighted by molar-refractivity contribution is 9.10. The van der Waals surface area contributed by atoms with Crippen LogP contribution in [0.1, 0.15) is 25.5 Å². The monoisotopic (exact) mass is 339 g/mol. The molecule has 1 unspecified atom stereocenters. The molecule has 0 fully saturated rings. The van der Waals surface area contributed by atoms with Crippen LogP contribution in [0.5, 0.6) is 0 Å². The van der Waals surface area contributed by atoms with E-state index in [-0.39, 0.29) is 16.6 Å². The van der Waals surface area contributed by atoms with E-state index in [4.69, 9.17) is 11.6 Å². The minimum absolute atomic E-state index is 0.100. The lowest BCUT2D eigenvalue weighted by Gasteiger charge is -2.22. The molecule has 0 heterocycles. The summed E-state index contributed by atoms with van der Waals surface area (Å²) in [7, 11) is -3.29. The summed E-state index contributed by atoms with van der Waals surface area (Å²) >= 11 is 8.77. The van der Waals surface area contributed by atoms with E-state index in [1.54, 1.807) is 12.1 Å². The van der Waals surface area contributed by atoms with E-state index >= 15 is 0 Å². The second-order valence-electron chi connectivity index (χ2n) is 4.11. The van der Waals surface area contributed by atoms with Crippen molar-refractivity contribution in [2.75, 3.05) is 4.66 Å². The van der Waals surface area contributed by atoms with Crippen LogP contribution in [0.25, 0.3) is 0 Å². The third kappa shape index (κ3) is 4.58. The summed E-state index contributed by atoms with van der Waals surface area (Å²) < 4.78 is 25.7. The van der Waals surface area contributed by atoms with Gasteiger partial charge in [0.2, 0.25) is 10.0 Å². The van der Waals surface area contributed by atoms with Gasteiger partial charge in [-0.1, -0.05) is 53.5 Å². The molecule has 17 heavy (non-hydrogen) atoms. The highest BCUT2D eigenvalue weighted by Gasteiger charge is 2.21. The maximum Gasteiger partial charge on any atom is 0.222 e. The Kier molecular flexibility index (Phi) is 5.44. The number of rotatable bonds is 5. The van der Waals surface area contributed by atoms with E-state index in [9.17, 15) is 8.42 Å². The zero-order valence-electron chi connectivity index (χ0n) is 9.65. The average molecular weight is 341 g/mol. The fourth-order valence-electron chi connectivity index (χ4n) is 1.48. The smallest absolute Gasteiger partial charge is 0.212 e. The minimum atomic E-state index is -3.29. The van der Waals surface area contributed by atoms with Gasteiger partial charge in [-0.05, 0) is 23.6 Å². The maximum absolute atomic E-state index is 11.6. The Morgan fingerprint density at radius 2 is 1.82 bits per heavy atom. The zero-order chi connectivity index (χ0) is 13.1. The highest BCUT2D eigenvalue weighted by atomic mass is 79.9. The SMILES string of the molecule is CC(C)C(NS(=O)(=O)CBr)c1ccc(Cl)cc1. The first kappa shape index (κ1) is 15.0. The standard InChI is InChI=1S/C11H15BrClNO2S/c1-8(2)11(14-17(15,16)7-12)9-3-5-10(13)6-4-9/h3-6,8,11,14H,7H2,1-2H3. The predicted molar refractivity (Wildman–Crippen MR) is 74.9 cm³/mol. The van der Waals surface area contributed by atoms with Crippen LogP contribution in [0, 0.1) is 5.92 Å². The maximum atomic E-state index is 11.6. The molecule has 0 bridgehead atoms. The topological polar surface area (TPSA) is 46.2 Å². The number of halogens is 2. The molecule has 0 spiro atoms. The van der Waals surface area contributed by atoms with Gasteiger partial charge in [-0.15, -0.1) is 0 Å². The quantitative estimate of drug-likeness (QED) is 0.836. The molecule has 1 N–H and O–H groups in total. The Hall–Kier alpha value is -0.100. The molecule has 0 aromatic heterocycles. The average Bonchev–Trinajstić information content (AvgIpc) is 2.27. The summed E-state index contributed by atoms with van der Waals surface area (Å²) in [6.45, 7) is 3.94. The fourth-order valence-corrected chi connectivity index (χ4v) is 2.86. The summed E-state index contributed by atoms with van der Waals surface area (Å²) in [4.78, 5) is 0. The normalized spacial score (nSPS) is 13.9. The van der Waals surface area contributed by atoms with Gasteiger partial charge in [-0.3, -0.25) is 0 Å². The number of hydrogen-bond acceptors (Lipinski definition) is 2. The zero-order valence-corrected chi connectivity index (χ0v) is 12.8. The van der Waals surface area contributed by atoms with Gasteiger partial charge in [-0.2, -0.15) is 0 Å². The van der Waals surface area contributed by atoms with Crippen molar-refractivity contribution in [1.82, 2.24) is 4.72 Å². The second-order valence-corrected chi connectivity index (χ2v) is 7.61. The van der Waals surface area contributed by atoms with E-state index in [1.165, 1.54) is 0 Å². The lowest BCUT2D eigenvalue weighted by atomic mass is 9.97. The molecular weight excluding hydrogens is 326 g/mol. The van der Waals surface area contributed by atoms with Crippen molar-refractivity contribution < 1.29 is 8.42 Å². The molecule has 1 aromatic carbocycles. The van der Waals surface area contributed by atoms with Crippen molar-refractivity contribution in [2.24, 2.45) is 5.92 Å². The number of benzene rings is 1. The Bertz CT molecular complexity index is 459. The lowest BCUT2D eigenvalue weighted by Crippen LogP contribution is -2.32. The summed E-state index contributed by atoms with van der Waals surface area (Å²) in [6.07, 6.45) is 0. The van der Waals surface area contributed by atoms with Crippen molar-refractivity contribution in [3.63, 3.8) is 0 Å². The van der Waals surface area contributed by atoms with Gasteiger partial charge in [0.1, 0.15) is 4.66 Å². The van der Waals surface area contributed by atoms with E-state index in [0.717, 1.165) is 5.56 Å². The molecule has 0 radical (unpaired) electrons. The molecule has 96 valence electrons. The Morgan fingerprint density at radius 1 is 1.29 bits per heavy atom. The predicted octanol–water partition coefficient (Wildman–Crippen LogP) is 3.31. The number of nitrogens with one attached hydrogen (secondary N) is 1. The van der Waals surface area contributed by atoms with E-state index < -0.39 is 10.0 Å². The Balaban J connectivity index is 2.98. The van der Waals surface area contributed by atoms with Gasteiger partial charge in [0.15, 0.2) is 0 Å². The Morgan fingerprint density at radius 3 is 2.24 bits per heavy atom. The number of hydrogen-bond donors (Lipinski definition) is 1. The van der Waals surface area contributed by atoms with E-state index in [0.29, 0.717) is 5.02 Å². The van der Waals surface area contributed by atoms with Crippen LogP contribution >= 0.6 is 27.5 Å². The molecule has 1 atom stereocenters. The summed E-state index contributed by atoms with van der Waals surface area (Å²) in [5.74, 6) is 0.157. The highest BCUT2D eigenvalue weighted by Crippen LogP contribution is 2.24. The van der Waals surface area contributed by atoms with Crippen LogP contribution in [0.15, 0.2) is 24.3 Å². The van der Waals surface area contributed by atoms with Crippen molar-refractivity contribution in [2.45, 2.75) is 19.9 Å². The first-order chi connectivity index (χ1) is 7.85. The number of sulfonamides is 1. The molecular formula is C11H15BrClNO2S. The van der Waals surface area contributed by atoms with Gasteiger partial charge in [0.05, 0.1) is 0 Å². The van der Waals surface area contributed by atoms with Crippen molar-refractivity contribution in [3.8, 4) is 0 Å². The third-order valence-electron chi connectivity index (χ3n) is 2.35. The molecule has 0 aliphatic heterocycles. The van der Waals surface area contributed by atoms with Crippen LogP contribution in [0.2, 0.25) is 5.02 Å². The van der Waals surface area contributed by atoms with Gasteiger partial charge in [0.25, 0.3) is 0 Å². The molecule has 1 aromatic rings. The van der Waals surface area contributed by atoms with Crippen molar-refractivity contribution in [1.29, 1.82) is 0 Å². The summed E-state index contributed by atoms with van der Waals surface area (Å²) in [6, 6.07) is 6.95. The molecule has 3 nitrogen and oxygen atoms in total. The van der Waals surface area contributed by atoms with Crippen LogP contribution in [0.3, 0.4) is 0 Å².